The molecule has 6 atom stereocenters. The van der Waals surface area contributed by atoms with Crippen LogP contribution in [0, 0.1) is 30.6 Å². The van der Waals surface area contributed by atoms with E-state index in [-0.39, 0.29) is 54.3 Å². The van der Waals surface area contributed by atoms with Crippen LogP contribution < -0.4 is 10.1 Å². The molecule has 322 valence electrons. The minimum absolute atomic E-state index is 0.0717. The molecule has 1 aromatic carbocycles. The van der Waals surface area contributed by atoms with Crippen molar-refractivity contribution < 1.29 is 29.1 Å². The number of aromatic hydroxyl groups is 1. The van der Waals surface area contributed by atoms with Gasteiger partial charge in [0.2, 0.25) is 11.8 Å². The first-order chi connectivity index (χ1) is 29.4. The Bertz CT molecular complexity index is 2400. The molecule has 0 radical (unpaired) electrons. The smallest absolute Gasteiger partial charge is 0.254 e. The number of aliphatic hydroxyl groups is 1. The van der Waals surface area contributed by atoms with E-state index in [0.29, 0.717) is 35.4 Å². The molecule has 5 aromatic rings. The number of aryl methyl sites for hydroxylation is 2. The fourth-order valence-electron chi connectivity index (χ4n) is 9.16. The maximum absolute atomic E-state index is 14.2. The lowest BCUT2D eigenvalue weighted by atomic mass is 9.82. The highest BCUT2D eigenvalue weighted by atomic mass is 32.1. The maximum atomic E-state index is 14.2. The van der Waals surface area contributed by atoms with Gasteiger partial charge in [0.25, 0.3) is 5.88 Å². The van der Waals surface area contributed by atoms with Gasteiger partial charge in [-0.05, 0) is 85.9 Å². The number of nitrogens with one attached hydrogen (secondary N) is 2. The number of benzene rings is 1. The summed E-state index contributed by atoms with van der Waals surface area (Å²) in [7, 11) is 0. The first-order valence-electron chi connectivity index (χ1n) is 21.5. The van der Waals surface area contributed by atoms with Crippen LogP contribution in [-0.2, 0) is 16.0 Å². The Hall–Kier alpha value is -5.38. The quantitative estimate of drug-likeness (QED) is 0.0848. The number of amides is 2. The monoisotopic (exact) mass is 848 g/mol. The first kappa shape index (κ1) is 42.3. The average molecular weight is 849 g/mol. The third-order valence-electron chi connectivity index (χ3n) is 12.5. The van der Waals surface area contributed by atoms with E-state index >= 15 is 0 Å². The number of phenolic OH excluding ortho intramolecular Hbond substituents is 1. The number of likely N-dealkylation sites (tertiary alicyclic amines) is 2. The molecule has 0 saturated carbocycles. The summed E-state index contributed by atoms with van der Waals surface area (Å²) < 4.78 is 11.7. The molecule has 2 unspecified atom stereocenters. The number of nitrogens with zero attached hydrogens (tertiary/aromatic N) is 6. The number of rotatable bonds is 16. The minimum atomic E-state index is -0.805. The number of hydrogen-bond donors (Lipinski definition) is 4. The van der Waals surface area contributed by atoms with Crippen LogP contribution in [0.4, 0.5) is 0 Å². The Morgan fingerprint density at radius 1 is 1.11 bits per heavy atom. The number of para-hydroxylation sites is 1. The third-order valence-corrected chi connectivity index (χ3v) is 13.5. The first-order valence-corrected chi connectivity index (χ1v) is 22.3. The van der Waals surface area contributed by atoms with Crippen molar-refractivity contribution in [3.05, 3.63) is 88.2 Å². The molecule has 2 amide bonds. The summed E-state index contributed by atoms with van der Waals surface area (Å²) in [4.78, 5) is 40.8. The summed E-state index contributed by atoms with van der Waals surface area (Å²) in [5, 5.41) is 37.9. The topological polar surface area (TPSA) is 183 Å². The number of fused-ring (bicyclic) bond motifs is 1. The van der Waals surface area contributed by atoms with Gasteiger partial charge in [-0.25, -0.2) is 4.98 Å². The molecule has 1 aliphatic carbocycles. The van der Waals surface area contributed by atoms with E-state index in [1.54, 1.807) is 29.5 Å². The van der Waals surface area contributed by atoms with Gasteiger partial charge in [-0.2, -0.15) is 0 Å². The molecule has 6 heterocycles. The molecule has 4 aromatic heterocycles. The van der Waals surface area contributed by atoms with Crippen LogP contribution in [0.25, 0.3) is 27.9 Å². The zero-order valence-corrected chi connectivity index (χ0v) is 36.3. The predicted octanol–water partition coefficient (Wildman–Crippen LogP) is 6.53. The van der Waals surface area contributed by atoms with Crippen molar-refractivity contribution in [2.45, 2.75) is 84.4 Å². The van der Waals surface area contributed by atoms with Crippen molar-refractivity contribution in [2.24, 2.45) is 23.7 Å². The number of H-pyrrole nitrogens is 1. The summed E-state index contributed by atoms with van der Waals surface area (Å²) in [5.74, 6) is 0.370. The largest absolute Gasteiger partial charge is 0.507 e. The number of thiazole rings is 1. The van der Waals surface area contributed by atoms with E-state index in [2.05, 4.69) is 66.8 Å². The van der Waals surface area contributed by atoms with Crippen molar-refractivity contribution >= 4 is 39.8 Å². The van der Waals surface area contributed by atoms with E-state index in [0.717, 1.165) is 71.8 Å². The van der Waals surface area contributed by atoms with Crippen LogP contribution in [0.1, 0.15) is 74.9 Å². The summed E-state index contributed by atoms with van der Waals surface area (Å²) in [6, 6.07) is 11.9. The van der Waals surface area contributed by atoms with Gasteiger partial charge in [-0.15, -0.1) is 21.5 Å². The summed E-state index contributed by atoms with van der Waals surface area (Å²) in [6.45, 7) is 13.3. The van der Waals surface area contributed by atoms with Crippen LogP contribution in [0.5, 0.6) is 11.6 Å². The number of allylic oxidation sites excluding steroid dienone is 3. The molecule has 4 N–H and O–H groups in total. The minimum Gasteiger partial charge on any atom is -0.507 e. The van der Waals surface area contributed by atoms with Crippen LogP contribution in [0.2, 0.25) is 0 Å². The molecule has 0 spiro atoms. The van der Waals surface area contributed by atoms with Crippen LogP contribution in [0.3, 0.4) is 0 Å². The lowest BCUT2D eigenvalue weighted by Gasteiger charge is -2.39. The Balaban J connectivity index is 0.779. The van der Waals surface area contributed by atoms with Gasteiger partial charge in [0, 0.05) is 67.3 Å². The number of aromatic amines is 1. The molecule has 3 aliphatic rings. The van der Waals surface area contributed by atoms with Crippen molar-refractivity contribution in [3.8, 4) is 22.9 Å². The molecule has 2 aliphatic heterocycles. The van der Waals surface area contributed by atoms with Crippen molar-refractivity contribution in [3.63, 3.8) is 0 Å². The number of hydrogen-bond acceptors (Lipinski definition) is 12. The van der Waals surface area contributed by atoms with Crippen molar-refractivity contribution in [1.82, 2.24) is 40.4 Å². The number of ether oxygens (including phenoxy) is 1. The van der Waals surface area contributed by atoms with Gasteiger partial charge < -0.3 is 34.7 Å². The van der Waals surface area contributed by atoms with Crippen LogP contribution in [-0.4, -0.2) is 108 Å². The Kier molecular flexibility index (Phi) is 12.7. The summed E-state index contributed by atoms with van der Waals surface area (Å²) in [5.41, 5.74) is 7.20. The molecular weight excluding hydrogens is 793 g/mol. The zero-order valence-electron chi connectivity index (χ0n) is 35.5. The highest BCUT2D eigenvalue weighted by Crippen LogP contribution is 2.35. The maximum Gasteiger partial charge on any atom is 0.254 e. The van der Waals surface area contributed by atoms with Crippen molar-refractivity contribution in [1.29, 1.82) is 0 Å². The van der Waals surface area contributed by atoms with E-state index in [1.807, 2.05) is 51.4 Å². The van der Waals surface area contributed by atoms with E-state index in [4.69, 9.17) is 9.26 Å². The lowest BCUT2D eigenvalue weighted by molar-refractivity contribution is -0.141. The molecule has 61 heavy (non-hydrogen) atoms. The Labute approximate surface area is 360 Å². The zero-order chi connectivity index (χ0) is 42.8. The number of aromatic nitrogens is 5. The summed E-state index contributed by atoms with van der Waals surface area (Å²) in [6.07, 6.45) is 8.96. The third kappa shape index (κ3) is 9.43. The standard InChI is InChI=1S/C46H56N8O6S/c1-26(2)42(46(58)54-24-34(55)20-38(54)45(57)48-28(4)35-14-13-31(17-27(35)3)43-29(5)47-25-61-43)40-21-41(52-60-40)59-16-15-53-22-30(23-53)9-8-10-33-18-32-19-37(50-51-44(32)49-33)36-11-6-7-12-39(36)56/h6-7,11-14,17-19,21,25-28,30,34-35,38,42,55-56H,8-10,15-16,20,22-24H2,1-5H3,(H,48,57)(H,49,51)/t27?,28-,34+,35?,38-,42+/m0/s1. The summed E-state index contributed by atoms with van der Waals surface area (Å²) >= 11 is 1.62. The lowest BCUT2D eigenvalue weighted by Crippen LogP contribution is -2.51. The molecule has 0 bridgehead atoms. The van der Waals surface area contributed by atoms with E-state index in [1.165, 1.54) is 4.90 Å². The Morgan fingerprint density at radius 3 is 2.69 bits per heavy atom. The Morgan fingerprint density at radius 2 is 1.93 bits per heavy atom. The number of carbonyl (C=O) groups excluding carboxylic acids is 2. The van der Waals surface area contributed by atoms with Gasteiger partial charge in [0.1, 0.15) is 24.3 Å². The highest BCUT2D eigenvalue weighted by Gasteiger charge is 2.44. The SMILES string of the molecule is Cc1ncsc1C1=CC(C)C([C@H](C)NC(=O)[C@@H]2C[C@@H](O)CN2C(=O)[C@@H](c2cc(OCCN3CC(CCCc4cc5cc(-c6ccccc6O)nnc5[nH]4)C3)no2)C(C)C)C=C1. The highest BCUT2D eigenvalue weighted by molar-refractivity contribution is 7.11. The van der Waals surface area contributed by atoms with Gasteiger partial charge in [0.15, 0.2) is 11.4 Å². The second-order valence-corrected chi connectivity index (χ2v) is 18.2. The number of β-amino-alcohol motifs (C(OH)–C–C–N with tert-alkyl or cyclic N) is 1. The fourth-order valence-corrected chi connectivity index (χ4v) is 9.98. The van der Waals surface area contributed by atoms with E-state index in [9.17, 15) is 19.8 Å². The normalized spacial score (nSPS) is 21.8. The van der Waals surface area contributed by atoms with Gasteiger partial charge in [-0.1, -0.05) is 51.1 Å². The van der Waals surface area contributed by atoms with Crippen LogP contribution in [0.15, 0.2) is 70.7 Å². The number of carbonyl (C=O) groups is 2. The van der Waals surface area contributed by atoms with Crippen LogP contribution >= 0.6 is 11.3 Å². The van der Waals surface area contributed by atoms with Gasteiger partial charge in [0.05, 0.1) is 27.9 Å². The van der Waals surface area contributed by atoms with E-state index < -0.39 is 18.1 Å². The number of aliphatic hydroxyl groups excluding tert-OH is 1. The second kappa shape index (κ2) is 18.3. The average Bonchev–Trinajstić information content (AvgIpc) is 4.03. The molecular formula is C46H56N8O6S. The molecule has 2 fully saturated rings. The molecule has 2 saturated heterocycles. The number of phenols is 1. The molecule has 8 rings (SSSR count). The van der Waals surface area contributed by atoms with Gasteiger partial charge in [-0.3, -0.25) is 14.5 Å². The predicted molar refractivity (Wildman–Crippen MR) is 234 cm³/mol. The van der Waals surface area contributed by atoms with Crippen molar-refractivity contribution in [2.75, 3.05) is 32.8 Å². The molecule has 14 nitrogen and oxygen atoms in total. The second-order valence-electron chi connectivity index (χ2n) is 17.4. The molecule has 15 heteroatoms. The fraction of sp³-hybridized carbons (Fsp3) is 0.478. The van der Waals surface area contributed by atoms with Gasteiger partial charge >= 0.3 is 0 Å².